The van der Waals surface area contributed by atoms with E-state index in [-0.39, 0.29) is 5.78 Å². The lowest BCUT2D eigenvalue weighted by Crippen LogP contribution is -1.93. The Bertz CT molecular complexity index is 629. The molecule has 3 nitrogen and oxygen atoms in total. The molecule has 2 aromatic rings. The molecule has 0 aliphatic carbocycles. The minimum atomic E-state index is -0.00931. The van der Waals surface area contributed by atoms with Gasteiger partial charge < -0.3 is 0 Å². The van der Waals surface area contributed by atoms with Crippen LogP contribution in [0.3, 0.4) is 0 Å². The highest BCUT2D eigenvalue weighted by Gasteiger charge is 2.04. The van der Waals surface area contributed by atoms with Crippen LogP contribution in [0.4, 0.5) is 0 Å². The number of carbonyl (C=O) groups excluding carboxylic acids is 1. The number of ketones is 1. The van der Waals surface area contributed by atoms with Crippen LogP contribution in [-0.2, 0) is 6.54 Å². The average molecular weight is 319 g/mol. The molecule has 0 unspecified atom stereocenters. The van der Waals surface area contributed by atoms with Crippen molar-refractivity contribution in [1.82, 2.24) is 9.78 Å². The van der Waals surface area contributed by atoms with Gasteiger partial charge in [-0.3, -0.25) is 9.48 Å². The summed E-state index contributed by atoms with van der Waals surface area (Å²) in [6.45, 7) is 4.80. The smallest absolute Gasteiger partial charge is 0.185 e. The molecule has 0 radical (unpaired) electrons. The summed E-state index contributed by atoms with van der Waals surface area (Å²) in [4.78, 5) is 12.0. The molecule has 0 fully saturated rings. The molecule has 0 spiro atoms. The highest BCUT2D eigenvalue weighted by molar-refractivity contribution is 9.10. The Morgan fingerprint density at radius 1 is 1.47 bits per heavy atom. The van der Waals surface area contributed by atoms with Crippen LogP contribution in [0.2, 0.25) is 0 Å². The summed E-state index contributed by atoms with van der Waals surface area (Å²) in [6.07, 6.45) is 5.35. The van der Waals surface area contributed by atoms with E-state index in [9.17, 15) is 4.79 Å². The van der Waals surface area contributed by atoms with E-state index >= 15 is 0 Å². The van der Waals surface area contributed by atoms with Gasteiger partial charge in [0.2, 0.25) is 0 Å². The normalized spacial score (nSPS) is 11.1. The minimum Gasteiger partial charge on any atom is -0.289 e. The summed E-state index contributed by atoms with van der Waals surface area (Å²) in [7, 11) is 0. The third-order valence-corrected chi connectivity index (χ3v) is 3.32. The molecule has 0 aliphatic heterocycles. The molecule has 1 aromatic carbocycles. The molecule has 0 saturated carbocycles. The number of benzene rings is 1. The summed E-state index contributed by atoms with van der Waals surface area (Å²) >= 11 is 3.36. The van der Waals surface area contributed by atoms with Gasteiger partial charge in [-0.25, -0.2) is 0 Å². The molecule has 4 heteroatoms. The van der Waals surface area contributed by atoms with Crippen molar-refractivity contribution in [3.8, 4) is 0 Å². The zero-order valence-electron chi connectivity index (χ0n) is 10.9. The molecular weight excluding hydrogens is 304 g/mol. The van der Waals surface area contributed by atoms with Crippen molar-refractivity contribution in [2.24, 2.45) is 0 Å². The molecule has 0 bridgehead atoms. The van der Waals surface area contributed by atoms with Crippen molar-refractivity contribution in [1.29, 1.82) is 0 Å². The van der Waals surface area contributed by atoms with Crippen LogP contribution in [0, 0.1) is 6.92 Å². The topological polar surface area (TPSA) is 34.9 Å². The van der Waals surface area contributed by atoms with Crippen LogP contribution in [0.5, 0.6) is 0 Å². The van der Waals surface area contributed by atoms with Gasteiger partial charge in [0.05, 0.1) is 5.69 Å². The largest absolute Gasteiger partial charge is 0.289 e. The lowest BCUT2D eigenvalue weighted by molar-refractivity contribution is 0.104. The van der Waals surface area contributed by atoms with Crippen LogP contribution < -0.4 is 0 Å². The number of hydrogen-bond acceptors (Lipinski definition) is 2. The van der Waals surface area contributed by atoms with Crippen molar-refractivity contribution in [2.75, 3.05) is 0 Å². The quantitative estimate of drug-likeness (QED) is 0.633. The van der Waals surface area contributed by atoms with Gasteiger partial charge in [-0.15, -0.1) is 0 Å². The number of hydrogen-bond donors (Lipinski definition) is 0. The van der Waals surface area contributed by atoms with Gasteiger partial charge >= 0.3 is 0 Å². The molecule has 2 rings (SSSR count). The van der Waals surface area contributed by atoms with Crippen molar-refractivity contribution in [3.63, 3.8) is 0 Å². The number of carbonyl (C=O) groups is 1. The first-order valence-corrected chi connectivity index (χ1v) is 6.91. The van der Waals surface area contributed by atoms with Crippen LogP contribution >= 0.6 is 15.9 Å². The van der Waals surface area contributed by atoms with Gasteiger partial charge in [-0.05, 0) is 38.1 Å². The van der Waals surface area contributed by atoms with Crippen molar-refractivity contribution < 1.29 is 4.79 Å². The summed E-state index contributed by atoms with van der Waals surface area (Å²) in [5.41, 5.74) is 2.58. The van der Waals surface area contributed by atoms with Crippen molar-refractivity contribution in [3.05, 3.63) is 57.8 Å². The molecule has 19 heavy (non-hydrogen) atoms. The molecule has 0 atom stereocenters. The maximum Gasteiger partial charge on any atom is 0.185 e. The van der Waals surface area contributed by atoms with E-state index in [1.807, 2.05) is 49.0 Å². The van der Waals surface area contributed by atoms with Gasteiger partial charge in [-0.1, -0.05) is 28.1 Å². The average Bonchev–Trinajstić information content (AvgIpc) is 2.76. The van der Waals surface area contributed by atoms with Gasteiger partial charge in [0.1, 0.15) is 0 Å². The fourth-order valence-electron chi connectivity index (χ4n) is 1.76. The Labute approximate surface area is 121 Å². The Kier molecular flexibility index (Phi) is 4.32. The molecule has 0 amide bonds. The van der Waals surface area contributed by atoms with Gasteiger partial charge in [0.25, 0.3) is 0 Å². The highest BCUT2D eigenvalue weighted by Crippen LogP contribution is 2.14. The van der Waals surface area contributed by atoms with E-state index in [0.717, 1.165) is 22.3 Å². The summed E-state index contributed by atoms with van der Waals surface area (Å²) in [5.74, 6) is -0.00931. The lowest BCUT2D eigenvalue weighted by atomic mass is 10.1. The second-order valence-corrected chi connectivity index (χ2v) is 5.15. The highest BCUT2D eigenvalue weighted by atomic mass is 79.9. The molecule has 0 aliphatic rings. The number of aryl methyl sites for hydroxylation is 2. The maximum absolute atomic E-state index is 12.0. The van der Waals surface area contributed by atoms with Gasteiger partial charge in [-0.2, -0.15) is 5.10 Å². The van der Waals surface area contributed by atoms with Crippen LogP contribution in [0.15, 0.2) is 41.0 Å². The molecule has 0 saturated heterocycles. The van der Waals surface area contributed by atoms with E-state index in [2.05, 4.69) is 21.0 Å². The second kappa shape index (κ2) is 5.97. The third-order valence-electron chi connectivity index (χ3n) is 2.83. The minimum absolute atomic E-state index is 0.00931. The Balaban J connectivity index is 2.18. The fraction of sp³-hybridized carbons (Fsp3) is 0.200. The predicted molar refractivity (Wildman–Crippen MR) is 80.1 cm³/mol. The summed E-state index contributed by atoms with van der Waals surface area (Å²) in [6, 6.07) is 7.37. The second-order valence-electron chi connectivity index (χ2n) is 4.23. The Morgan fingerprint density at radius 3 is 2.89 bits per heavy atom. The lowest BCUT2D eigenvalue weighted by Gasteiger charge is -1.96. The van der Waals surface area contributed by atoms with Gasteiger partial charge in [0, 0.05) is 28.3 Å². The van der Waals surface area contributed by atoms with Gasteiger partial charge in [0.15, 0.2) is 5.78 Å². The van der Waals surface area contributed by atoms with Crippen molar-refractivity contribution in [2.45, 2.75) is 20.4 Å². The molecule has 1 heterocycles. The monoisotopic (exact) mass is 318 g/mol. The first kappa shape index (κ1) is 13.7. The van der Waals surface area contributed by atoms with E-state index < -0.39 is 0 Å². The first-order chi connectivity index (χ1) is 9.10. The standard InChI is InChI=1S/C15H15BrN2O/c1-3-18-10-13(11(2)17-18)7-8-15(19)12-5-4-6-14(16)9-12/h4-10H,3H2,1-2H3/b8-7+. The van der Waals surface area contributed by atoms with Crippen LogP contribution in [0.1, 0.15) is 28.5 Å². The predicted octanol–water partition coefficient (Wildman–Crippen LogP) is 3.87. The zero-order chi connectivity index (χ0) is 13.8. The SMILES string of the molecule is CCn1cc(/C=C/C(=O)c2cccc(Br)c2)c(C)n1. The van der Waals surface area contributed by atoms with Crippen molar-refractivity contribution >= 4 is 27.8 Å². The molecular formula is C15H15BrN2O. The first-order valence-electron chi connectivity index (χ1n) is 6.12. The molecule has 1 aromatic heterocycles. The molecule has 98 valence electrons. The summed E-state index contributed by atoms with van der Waals surface area (Å²) in [5, 5.41) is 4.34. The van der Waals surface area contributed by atoms with E-state index in [4.69, 9.17) is 0 Å². The number of aromatic nitrogens is 2. The Morgan fingerprint density at radius 2 is 2.26 bits per heavy atom. The zero-order valence-corrected chi connectivity index (χ0v) is 12.5. The van der Waals surface area contributed by atoms with Crippen LogP contribution in [0.25, 0.3) is 6.08 Å². The number of rotatable bonds is 4. The molecule has 0 N–H and O–H groups in total. The fourth-order valence-corrected chi connectivity index (χ4v) is 2.16. The van der Waals surface area contributed by atoms with E-state index in [1.54, 1.807) is 12.1 Å². The van der Waals surface area contributed by atoms with E-state index in [0.29, 0.717) is 5.56 Å². The summed E-state index contributed by atoms with van der Waals surface area (Å²) < 4.78 is 2.76. The Hall–Kier alpha value is -1.68. The number of allylic oxidation sites excluding steroid dienone is 1. The maximum atomic E-state index is 12.0. The van der Waals surface area contributed by atoms with Crippen LogP contribution in [-0.4, -0.2) is 15.6 Å². The van der Waals surface area contributed by atoms with E-state index in [1.165, 1.54) is 0 Å². The number of halogens is 1. The third kappa shape index (κ3) is 3.41. The number of nitrogens with zero attached hydrogens (tertiary/aromatic N) is 2.